The molecule has 0 aliphatic heterocycles. The van der Waals surface area contributed by atoms with E-state index in [1.54, 1.807) is 6.07 Å². The van der Waals surface area contributed by atoms with E-state index in [2.05, 4.69) is 31.3 Å². The van der Waals surface area contributed by atoms with Crippen LogP contribution in [0.5, 0.6) is 5.75 Å². The predicted octanol–water partition coefficient (Wildman–Crippen LogP) is 6.69. The lowest BCUT2D eigenvalue weighted by atomic mass is 9.82. The SMILES string of the molecule is O=S(=O)(NCC1CCC(CNc2nc(Nc3ccc(Cl)cc3)c3ccccc3n2)CC1)c1ccc(Br)cc1O. The number of aromatic hydroxyl groups is 1. The number of para-hydroxylation sites is 1. The van der Waals surface area contributed by atoms with Gasteiger partial charge in [-0.3, -0.25) is 0 Å². The van der Waals surface area contributed by atoms with Gasteiger partial charge in [-0.1, -0.05) is 39.7 Å². The number of anilines is 3. The van der Waals surface area contributed by atoms with E-state index < -0.39 is 10.0 Å². The molecule has 1 fully saturated rings. The lowest BCUT2D eigenvalue weighted by molar-refractivity contribution is 0.284. The van der Waals surface area contributed by atoms with Gasteiger partial charge < -0.3 is 15.7 Å². The van der Waals surface area contributed by atoms with Crippen molar-refractivity contribution < 1.29 is 13.5 Å². The highest BCUT2D eigenvalue weighted by atomic mass is 79.9. The summed E-state index contributed by atoms with van der Waals surface area (Å²) in [6.45, 7) is 1.09. The molecule has 0 bridgehead atoms. The number of phenols is 1. The van der Waals surface area contributed by atoms with Crippen LogP contribution < -0.4 is 15.4 Å². The molecule has 1 aromatic heterocycles. The van der Waals surface area contributed by atoms with Gasteiger partial charge in [0, 0.05) is 33.7 Å². The van der Waals surface area contributed by atoms with Gasteiger partial charge in [0.1, 0.15) is 16.5 Å². The smallest absolute Gasteiger partial charge is 0.244 e. The Bertz CT molecular complexity index is 1560. The summed E-state index contributed by atoms with van der Waals surface area (Å²) in [4.78, 5) is 9.35. The molecular weight excluding hydrogens is 602 g/mol. The van der Waals surface area contributed by atoms with E-state index in [-0.39, 0.29) is 16.6 Å². The highest BCUT2D eigenvalue weighted by Crippen LogP contribution is 2.31. The van der Waals surface area contributed by atoms with Crippen molar-refractivity contribution in [2.75, 3.05) is 23.7 Å². The first-order valence-electron chi connectivity index (χ1n) is 12.8. The lowest BCUT2D eigenvalue weighted by Crippen LogP contribution is -2.32. The van der Waals surface area contributed by atoms with E-state index in [4.69, 9.17) is 21.6 Å². The van der Waals surface area contributed by atoms with E-state index >= 15 is 0 Å². The van der Waals surface area contributed by atoms with Crippen molar-refractivity contribution >= 4 is 65.9 Å². The Balaban J connectivity index is 1.16. The molecule has 11 heteroatoms. The molecule has 0 amide bonds. The normalized spacial score (nSPS) is 17.7. The molecule has 1 aliphatic rings. The average molecular weight is 631 g/mol. The standard InChI is InChI=1S/C28H29BrClN5O3S/c29-20-9-14-26(25(36)15-20)39(37,38)32-17-19-7-5-18(6-8-19)16-31-28-34-24-4-2-1-3-23(24)27(35-28)33-22-12-10-21(30)11-13-22/h1-4,9-15,18-19,32,36H,5-8,16-17H2,(H2,31,33,34,35). The maximum absolute atomic E-state index is 12.7. The molecule has 0 unspecified atom stereocenters. The maximum Gasteiger partial charge on any atom is 0.244 e. The summed E-state index contributed by atoms with van der Waals surface area (Å²) in [5.41, 5.74) is 1.73. The molecule has 4 aromatic rings. The summed E-state index contributed by atoms with van der Waals surface area (Å²) in [6, 6.07) is 19.7. The van der Waals surface area contributed by atoms with Crippen molar-refractivity contribution in [3.05, 3.63) is 76.2 Å². The second kappa shape index (κ2) is 12.1. The van der Waals surface area contributed by atoms with Crippen LogP contribution in [0.15, 0.2) is 76.1 Å². The Hall–Kier alpha value is -2.92. The number of hydrogen-bond acceptors (Lipinski definition) is 7. The van der Waals surface area contributed by atoms with Crippen LogP contribution in [0.25, 0.3) is 10.9 Å². The Morgan fingerprint density at radius 1 is 0.923 bits per heavy atom. The van der Waals surface area contributed by atoms with Crippen LogP contribution in [0.1, 0.15) is 25.7 Å². The summed E-state index contributed by atoms with van der Waals surface area (Å²) in [6.07, 6.45) is 3.80. The quantitative estimate of drug-likeness (QED) is 0.163. The number of benzene rings is 3. The Morgan fingerprint density at radius 3 is 2.33 bits per heavy atom. The van der Waals surface area contributed by atoms with Crippen LogP contribution in [0.2, 0.25) is 5.02 Å². The molecule has 0 atom stereocenters. The molecule has 1 heterocycles. The van der Waals surface area contributed by atoms with Crippen LogP contribution in [-0.4, -0.2) is 36.6 Å². The first-order chi connectivity index (χ1) is 18.8. The number of aromatic nitrogens is 2. The first-order valence-corrected chi connectivity index (χ1v) is 15.4. The molecule has 0 saturated heterocycles. The van der Waals surface area contributed by atoms with Gasteiger partial charge in [0.15, 0.2) is 0 Å². The molecular formula is C28H29BrClN5O3S. The first kappa shape index (κ1) is 27.6. The van der Waals surface area contributed by atoms with Gasteiger partial charge in [-0.15, -0.1) is 0 Å². The Kier molecular flexibility index (Phi) is 8.56. The molecule has 0 radical (unpaired) electrons. The molecule has 0 spiro atoms. The maximum atomic E-state index is 12.7. The van der Waals surface area contributed by atoms with Gasteiger partial charge in [-0.05, 0) is 92.1 Å². The average Bonchev–Trinajstić information content (AvgIpc) is 2.92. The van der Waals surface area contributed by atoms with E-state index in [0.717, 1.165) is 54.6 Å². The fraction of sp³-hybridized carbons (Fsp3) is 0.286. The van der Waals surface area contributed by atoms with Gasteiger partial charge >= 0.3 is 0 Å². The minimum absolute atomic E-state index is 0.108. The summed E-state index contributed by atoms with van der Waals surface area (Å²) >= 11 is 9.26. The van der Waals surface area contributed by atoms with Gasteiger partial charge in [-0.2, -0.15) is 4.98 Å². The van der Waals surface area contributed by atoms with E-state index in [1.165, 1.54) is 12.1 Å². The van der Waals surface area contributed by atoms with Gasteiger partial charge in [0.05, 0.1) is 5.52 Å². The van der Waals surface area contributed by atoms with Gasteiger partial charge in [0.2, 0.25) is 16.0 Å². The highest BCUT2D eigenvalue weighted by molar-refractivity contribution is 9.10. The van der Waals surface area contributed by atoms with Crippen molar-refractivity contribution in [1.29, 1.82) is 0 Å². The highest BCUT2D eigenvalue weighted by Gasteiger charge is 2.25. The van der Waals surface area contributed by atoms with E-state index in [0.29, 0.717) is 27.9 Å². The van der Waals surface area contributed by atoms with Crippen LogP contribution in [-0.2, 0) is 10.0 Å². The Morgan fingerprint density at radius 2 is 1.62 bits per heavy atom. The zero-order valence-electron chi connectivity index (χ0n) is 21.1. The molecule has 1 saturated carbocycles. The van der Waals surface area contributed by atoms with Crippen LogP contribution in [0, 0.1) is 11.8 Å². The van der Waals surface area contributed by atoms with Crippen LogP contribution >= 0.6 is 27.5 Å². The minimum Gasteiger partial charge on any atom is -0.506 e. The van der Waals surface area contributed by atoms with E-state index in [1.807, 2.05) is 48.5 Å². The molecule has 39 heavy (non-hydrogen) atoms. The molecule has 8 nitrogen and oxygen atoms in total. The number of phenolic OH excluding ortho intramolecular Hbond substituents is 1. The second-order valence-corrected chi connectivity index (χ2v) is 12.9. The predicted molar refractivity (Wildman–Crippen MR) is 159 cm³/mol. The zero-order valence-corrected chi connectivity index (χ0v) is 24.2. The number of rotatable bonds is 9. The fourth-order valence-corrected chi connectivity index (χ4v) is 6.49. The third-order valence-electron chi connectivity index (χ3n) is 7.00. The Labute approximate surface area is 241 Å². The summed E-state index contributed by atoms with van der Waals surface area (Å²) in [5, 5.41) is 18.4. The number of sulfonamides is 1. The minimum atomic E-state index is -3.78. The number of fused-ring (bicyclic) bond motifs is 1. The van der Waals surface area contributed by atoms with Crippen molar-refractivity contribution in [3.63, 3.8) is 0 Å². The van der Waals surface area contributed by atoms with Gasteiger partial charge in [-0.25, -0.2) is 18.1 Å². The van der Waals surface area contributed by atoms with Crippen molar-refractivity contribution in [3.8, 4) is 5.75 Å². The zero-order chi connectivity index (χ0) is 27.4. The van der Waals surface area contributed by atoms with Crippen LogP contribution in [0.4, 0.5) is 17.5 Å². The number of halogens is 2. The van der Waals surface area contributed by atoms with Crippen molar-refractivity contribution in [2.45, 2.75) is 30.6 Å². The molecule has 5 rings (SSSR count). The third-order valence-corrected chi connectivity index (χ3v) is 9.21. The summed E-state index contributed by atoms with van der Waals surface area (Å²) in [7, 11) is -3.78. The second-order valence-electron chi connectivity index (χ2n) is 9.78. The largest absolute Gasteiger partial charge is 0.506 e. The monoisotopic (exact) mass is 629 g/mol. The fourth-order valence-electron chi connectivity index (χ4n) is 4.82. The topological polar surface area (TPSA) is 116 Å². The summed E-state index contributed by atoms with van der Waals surface area (Å²) in [5.74, 6) is 1.71. The van der Waals surface area contributed by atoms with Gasteiger partial charge in [0.25, 0.3) is 0 Å². The van der Waals surface area contributed by atoms with Crippen LogP contribution in [0.3, 0.4) is 0 Å². The number of hydrogen-bond donors (Lipinski definition) is 4. The lowest BCUT2D eigenvalue weighted by Gasteiger charge is -2.28. The molecule has 1 aliphatic carbocycles. The number of nitrogens with zero attached hydrogens (tertiary/aromatic N) is 2. The van der Waals surface area contributed by atoms with E-state index in [9.17, 15) is 13.5 Å². The molecule has 4 N–H and O–H groups in total. The summed E-state index contributed by atoms with van der Waals surface area (Å²) < 4.78 is 28.6. The molecule has 204 valence electrons. The number of nitrogens with one attached hydrogen (secondary N) is 3. The van der Waals surface area contributed by atoms with Crippen molar-refractivity contribution in [1.82, 2.24) is 14.7 Å². The molecule has 3 aromatic carbocycles. The third kappa shape index (κ3) is 7.00. The van der Waals surface area contributed by atoms with Crippen molar-refractivity contribution in [2.24, 2.45) is 11.8 Å².